The van der Waals surface area contributed by atoms with E-state index < -0.39 is 0 Å². The molecule has 1 rings (SSSR count). The Labute approximate surface area is 67.9 Å². The van der Waals surface area contributed by atoms with Gasteiger partial charge in [-0.3, -0.25) is 0 Å². The van der Waals surface area contributed by atoms with Crippen LogP contribution in [0.15, 0.2) is 12.4 Å². The first-order valence-corrected chi connectivity index (χ1v) is 4.37. The fourth-order valence-electron chi connectivity index (χ4n) is 1.34. The summed E-state index contributed by atoms with van der Waals surface area (Å²) in [6, 6.07) is 0.813. The summed E-state index contributed by atoms with van der Waals surface area (Å²) in [6.07, 6.45) is 5.76. The van der Waals surface area contributed by atoms with E-state index in [1.165, 1.54) is 12.8 Å². The van der Waals surface area contributed by atoms with Crippen molar-refractivity contribution >= 4 is 0 Å². The van der Waals surface area contributed by atoms with Crippen molar-refractivity contribution in [1.29, 1.82) is 0 Å². The lowest BCUT2D eigenvalue weighted by molar-refractivity contribution is 0.283. The van der Waals surface area contributed by atoms with Gasteiger partial charge in [0, 0.05) is 12.6 Å². The van der Waals surface area contributed by atoms with E-state index in [4.69, 9.17) is 0 Å². The van der Waals surface area contributed by atoms with Crippen LogP contribution in [0.1, 0.15) is 26.2 Å². The summed E-state index contributed by atoms with van der Waals surface area (Å²) in [5.74, 6) is 0. The largest absolute Gasteiger partial charge is 0.300 e. The minimum atomic E-state index is 0.640. The standard InChI is InChI=1S/C9H16FN/c1-2-11(9-5-6-9)8-4-3-7-10/h3,7,9H,2,4-6,8H2,1H3/b7-3+. The van der Waals surface area contributed by atoms with Gasteiger partial charge in [-0.2, -0.15) is 0 Å². The van der Waals surface area contributed by atoms with Crippen LogP contribution in [0.25, 0.3) is 0 Å². The minimum Gasteiger partial charge on any atom is -0.300 e. The van der Waals surface area contributed by atoms with Crippen LogP contribution in [-0.2, 0) is 0 Å². The second-order valence-electron chi connectivity index (χ2n) is 3.01. The van der Waals surface area contributed by atoms with Gasteiger partial charge >= 0.3 is 0 Å². The maximum atomic E-state index is 11.6. The molecule has 2 heteroatoms. The summed E-state index contributed by atoms with van der Waals surface area (Å²) in [7, 11) is 0. The van der Waals surface area contributed by atoms with Crippen molar-refractivity contribution in [3.63, 3.8) is 0 Å². The number of nitrogens with zero attached hydrogens (tertiary/aromatic N) is 1. The summed E-state index contributed by atoms with van der Waals surface area (Å²) in [6.45, 7) is 4.28. The second kappa shape index (κ2) is 4.50. The van der Waals surface area contributed by atoms with Crippen LogP contribution in [0.3, 0.4) is 0 Å². The molecule has 0 aromatic heterocycles. The summed E-state index contributed by atoms with van der Waals surface area (Å²) < 4.78 is 11.6. The van der Waals surface area contributed by atoms with Gasteiger partial charge in [-0.15, -0.1) is 0 Å². The van der Waals surface area contributed by atoms with Gasteiger partial charge in [0.05, 0.1) is 6.33 Å². The fraction of sp³-hybridized carbons (Fsp3) is 0.778. The predicted molar refractivity (Wildman–Crippen MR) is 45.1 cm³/mol. The Morgan fingerprint density at radius 2 is 2.27 bits per heavy atom. The summed E-state index contributed by atoms with van der Waals surface area (Å²) in [4.78, 5) is 2.42. The van der Waals surface area contributed by atoms with E-state index in [1.54, 1.807) is 6.08 Å². The minimum absolute atomic E-state index is 0.640. The van der Waals surface area contributed by atoms with Crippen molar-refractivity contribution in [2.24, 2.45) is 0 Å². The predicted octanol–water partition coefficient (Wildman–Crippen LogP) is 2.34. The third kappa shape index (κ3) is 3.02. The molecular weight excluding hydrogens is 141 g/mol. The van der Waals surface area contributed by atoms with Crippen LogP contribution in [0, 0.1) is 0 Å². The molecule has 1 aliphatic carbocycles. The first kappa shape index (κ1) is 8.72. The summed E-state index contributed by atoms with van der Waals surface area (Å²) in [5.41, 5.74) is 0. The number of halogens is 1. The monoisotopic (exact) mass is 157 g/mol. The van der Waals surface area contributed by atoms with E-state index in [0.29, 0.717) is 6.33 Å². The number of rotatable bonds is 5. The highest BCUT2D eigenvalue weighted by Gasteiger charge is 2.26. The average molecular weight is 157 g/mol. The van der Waals surface area contributed by atoms with Gasteiger partial charge in [-0.1, -0.05) is 13.0 Å². The highest BCUT2D eigenvalue weighted by atomic mass is 19.1. The first-order valence-electron chi connectivity index (χ1n) is 4.37. The third-order valence-corrected chi connectivity index (χ3v) is 2.14. The number of hydrogen-bond acceptors (Lipinski definition) is 1. The van der Waals surface area contributed by atoms with E-state index >= 15 is 0 Å². The van der Waals surface area contributed by atoms with E-state index in [1.807, 2.05) is 0 Å². The van der Waals surface area contributed by atoms with Crippen molar-refractivity contribution in [1.82, 2.24) is 4.90 Å². The van der Waals surface area contributed by atoms with Crippen LogP contribution < -0.4 is 0 Å². The molecule has 1 nitrogen and oxygen atoms in total. The van der Waals surface area contributed by atoms with Crippen molar-refractivity contribution < 1.29 is 4.39 Å². The molecule has 1 aliphatic rings. The molecule has 0 atom stereocenters. The highest BCUT2D eigenvalue weighted by molar-refractivity contribution is 4.85. The SMILES string of the molecule is CCN(CC/C=C/F)C1CC1. The van der Waals surface area contributed by atoms with Gasteiger partial charge in [0.2, 0.25) is 0 Å². The molecule has 0 amide bonds. The van der Waals surface area contributed by atoms with Crippen molar-refractivity contribution in [2.45, 2.75) is 32.2 Å². The summed E-state index contributed by atoms with van der Waals surface area (Å²) in [5, 5.41) is 0. The first-order chi connectivity index (χ1) is 5.38. The molecule has 0 saturated heterocycles. The molecule has 0 bridgehead atoms. The Morgan fingerprint density at radius 3 is 2.73 bits per heavy atom. The van der Waals surface area contributed by atoms with Gasteiger partial charge in [-0.05, 0) is 25.8 Å². The Morgan fingerprint density at radius 1 is 1.55 bits per heavy atom. The van der Waals surface area contributed by atoms with Crippen LogP contribution in [0.2, 0.25) is 0 Å². The quantitative estimate of drug-likeness (QED) is 0.592. The van der Waals surface area contributed by atoms with Crippen molar-refractivity contribution in [2.75, 3.05) is 13.1 Å². The average Bonchev–Trinajstić information content (AvgIpc) is 2.81. The second-order valence-corrected chi connectivity index (χ2v) is 3.01. The molecule has 1 saturated carbocycles. The Kier molecular flexibility index (Phi) is 3.57. The van der Waals surface area contributed by atoms with E-state index in [0.717, 1.165) is 25.6 Å². The molecule has 64 valence electrons. The maximum Gasteiger partial charge on any atom is 0.0827 e. The van der Waals surface area contributed by atoms with Gasteiger partial charge in [0.1, 0.15) is 0 Å². The van der Waals surface area contributed by atoms with Gasteiger partial charge in [0.25, 0.3) is 0 Å². The van der Waals surface area contributed by atoms with Crippen LogP contribution in [0.5, 0.6) is 0 Å². The lowest BCUT2D eigenvalue weighted by Gasteiger charge is -2.18. The molecule has 0 N–H and O–H groups in total. The molecule has 0 heterocycles. The molecule has 0 aromatic carbocycles. The Hall–Kier alpha value is -0.370. The molecule has 0 aliphatic heterocycles. The van der Waals surface area contributed by atoms with Gasteiger partial charge in [-0.25, -0.2) is 4.39 Å². The van der Waals surface area contributed by atoms with Crippen LogP contribution >= 0.6 is 0 Å². The highest BCUT2D eigenvalue weighted by Crippen LogP contribution is 2.26. The van der Waals surface area contributed by atoms with E-state index in [9.17, 15) is 4.39 Å². The third-order valence-electron chi connectivity index (χ3n) is 2.14. The molecular formula is C9H16FN. The molecule has 0 unspecified atom stereocenters. The van der Waals surface area contributed by atoms with Crippen LogP contribution in [-0.4, -0.2) is 24.0 Å². The summed E-state index contributed by atoms with van der Waals surface area (Å²) >= 11 is 0. The zero-order valence-corrected chi connectivity index (χ0v) is 7.09. The van der Waals surface area contributed by atoms with Gasteiger partial charge < -0.3 is 4.90 Å². The Bertz CT molecular complexity index is 130. The van der Waals surface area contributed by atoms with E-state index in [2.05, 4.69) is 11.8 Å². The molecule has 1 fully saturated rings. The maximum absolute atomic E-state index is 11.6. The fourth-order valence-corrected chi connectivity index (χ4v) is 1.34. The van der Waals surface area contributed by atoms with Crippen molar-refractivity contribution in [3.8, 4) is 0 Å². The van der Waals surface area contributed by atoms with E-state index in [-0.39, 0.29) is 0 Å². The normalized spacial score (nSPS) is 18.5. The van der Waals surface area contributed by atoms with Crippen molar-refractivity contribution in [3.05, 3.63) is 12.4 Å². The zero-order valence-electron chi connectivity index (χ0n) is 7.09. The molecule has 0 aromatic rings. The lowest BCUT2D eigenvalue weighted by atomic mass is 10.3. The molecule has 11 heavy (non-hydrogen) atoms. The molecule has 0 spiro atoms. The lowest BCUT2D eigenvalue weighted by Crippen LogP contribution is -2.26. The zero-order chi connectivity index (χ0) is 8.10. The van der Waals surface area contributed by atoms with Crippen LogP contribution in [0.4, 0.5) is 4.39 Å². The van der Waals surface area contributed by atoms with Gasteiger partial charge in [0.15, 0.2) is 0 Å². The topological polar surface area (TPSA) is 3.24 Å². The molecule has 0 radical (unpaired) electrons. The number of hydrogen-bond donors (Lipinski definition) is 0. The Balaban J connectivity index is 2.10. The smallest absolute Gasteiger partial charge is 0.0827 e.